The molecule has 0 bridgehead atoms. The van der Waals surface area contributed by atoms with Gasteiger partial charge in [-0.3, -0.25) is 9.67 Å². The highest BCUT2D eigenvalue weighted by Gasteiger charge is 2.31. The van der Waals surface area contributed by atoms with Crippen LogP contribution in [0.5, 0.6) is 0 Å². The Morgan fingerprint density at radius 1 is 1.19 bits per heavy atom. The minimum Gasteiger partial charge on any atom is -0.273 e. The molecule has 1 aliphatic heterocycles. The normalized spacial score (nSPS) is 19.0. The molecular formula is C17H20N6O2S. The topological polar surface area (TPSA) is 95.6 Å². The average Bonchev–Trinajstić information content (AvgIpc) is 3.36. The van der Waals surface area contributed by atoms with Crippen LogP contribution in [-0.4, -0.2) is 49.5 Å². The van der Waals surface area contributed by atoms with Crippen molar-refractivity contribution in [1.82, 2.24) is 29.5 Å². The Morgan fingerprint density at radius 2 is 2.04 bits per heavy atom. The second kappa shape index (κ2) is 6.99. The van der Waals surface area contributed by atoms with E-state index >= 15 is 0 Å². The van der Waals surface area contributed by atoms with Crippen molar-refractivity contribution in [3.8, 4) is 11.4 Å². The molecule has 0 radical (unpaired) electrons. The SMILES string of the molecule is O=S1(=O)CCC(n2nc(-c3ccncc3)nc2CCCn2cccn2)C1. The molecular weight excluding hydrogens is 352 g/mol. The third kappa shape index (κ3) is 3.67. The first-order chi connectivity index (χ1) is 12.6. The molecule has 1 aliphatic rings. The highest BCUT2D eigenvalue weighted by Crippen LogP contribution is 2.26. The van der Waals surface area contributed by atoms with Crippen molar-refractivity contribution in [3.05, 3.63) is 48.8 Å². The van der Waals surface area contributed by atoms with Crippen molar-refractivity contribution in [1.29, 1.82) is 0 Å². The van der Waals surface area contributed by atoms with Crippen molar-refractivity contribution in [2.24, 2.45) is 0 Å². The van der Waals surface area contributed by atoms with Crippen molar-refractivity contribution in [3.63, 3.8) is 0 Å². The number of hydrogen-bond donors (Lipinski definition) is 0. The molecule has 1 fully saturated rings. The molecule has 8 nitrogen and oxygen atoms in total. The standard InChI is InChI=1S/C17H20N6O2S/c24-26(25)12-6-15(13-26)23-16(3-1-10-22-11-2-7-19-22)20-17(21-23)14-4-8-18-9-5-14/h2,4-5,7-9,11,15H,1,3,6,10,12-13H2. The quantitative estimate of drug-likeness (QED) is 0.651. The van der Waals surface area contributed by atoms with Gasteiger partial charge in [-0.05, 0) is 31.0 Å². The molecule has 1 atom stereocenters. The molecule has 9 heteroatoms. The summed E-state index contributed by atoms with van der Waals surface area (Å²) in [5, 5.41) is 8.84. The van der Waals surface area contributed by atoms with E-state index in [2.05, 4.69) is 15.2 Å². The van der Waals surface area contributed by atoms with Gasteiger partial charge in [-0.15, -0.1) is 0 Å². The zero-order chi connectivity index (χ0) is 18.0. The van der Waals surface area contributed by atoms with Crippen molar-refractivity contribution >= 4 is 9.84 Å². The van der Waals surface area contributed by atoms with Crippen LogP contribution >= 0.6 is 0 Å². The van der Waals surface area contributed by atoms with Gasteiger partial charge in [0, 0.05) is 43.3 Å². The minimum absolute atomic E-state index is 0.136. The fourth-order valence-electron chi connectivity index (χ4n) is 3.24. The van der Waals surface area contributed by atoms with Gasteiger partial charge in [-0.25, -0.2) is 18.1 Å². The molecule has 0 aliphatic carbocycles. The van der Waals surface area contributed by atoms with E-state index in [-0.39, 0.29) is 17.5 Å². The molecule has 1 saturated heterocycles. The highest BCUT2D eigenvalue weighted by atomic mass is 32.2. The number of aryl methyl sites for hydroxylation is 2. The Morgan fingerprint density at radius 3 is 2.73 bits per heavy atom. The number of pyridine rings is 1. The molecule has 4 heterocycles. The summed E-state index contributed by atoms with van der Waals surface area (Å²) in [5.74, 6) is 1.80. The van der Waals surface area contributed by atoms with Crippen molar-refractivity contribution in [2.45, 2.75) is 31.8 Å². The molecule has 0 aromatic carbocycles. The molecule has 0 amide bonds. The van der Waals surface area contributed by atoms with Gasteiger partial charge < -0.3 is 0 Å². The van der Waals surface area contributed by atoms with Crippen LogP contribution in [0, 0.1) is 0 Å². The van der Waals surface area contributed by atoms with Gasteiger partial charge in [0.1, 0.15) is 5.82 Å². The molecule has 3 aromatic heterocycles. The van der Waals surface area contributed by atoms with E-state index in [0.717, 1.165) is 24.4 Å². The predicted octanol–water partition coefficient (Wildman–Crippen LogP) is 1.53. The summed E-state index contributed by atoms with van der Waals surface area (Å²) >= 11 is 0. The van der Waals surface area contributed by atoms with Gasteiger partial charge in [0.2, 0.25) is 0 Å². The van der Waals surface area contributed by atoms with E-state index in [1.54, 1.807) is 18.6 Å². The molecule has 0 N–H and O–H groups in total. The van der Waals surface area contributed by atoms with Crippen LogP contribution < -0.4 is 0 Å². The fourth-order valence-corrected chi connectivity index (χ4v) is 4.93. The maximum atomic E-state index is 11.9. The van der Waals surface area contributed by atoms with Crippen molar-refractivity contribution in [2.75, 3.05) is 11.5 Å². The first kappa shape index (κ1) is 16.9. The highest BCUT2D eigenvalue weighted by molar-refractivity contribution is 7.91. The Bertz CT molecular complexity index is 966. The molecule has 4 rings (SSSR count). The first-order valence-electron chi connectivity index (χ1n) is 8.64. The van der Waals surface area contributed by atoms with Crippen LogP contribution in [-0.2, 0) is 22.8 Å². The Hall–Kier alpha value is -2.55. The summed E-state index contributed by atoms with van der Waals surface area (Å²) in [4.78, 5) is 8.71. The van der Waals surface area contributed by atoms with E-state index in [0.29, 0.717) is 18.7 Å². The Kier molecular flexibility index (Phi) is 4.54. The zero-order valence-electron chi connectivity index (χ0n) is 14.3. The zero-order valence-corrected chi connectivity index (χ0v) is 15.1. The van der Waals surface area contributed by atoms with Crippen LogP contribution in [0.15, 0.2) is 43.0 Å². The molecule has 0 saturated carbocycles. The summed E-state index contributed by atoms with van der Waals surface area (Å²) in [5.41, 5.74) is 0.882. The van der Waals surface area contributed by atoms with Gasteiger partial charge in [-0.2, -0.15) is 10.2 Å². The third-order valence-electron chi connectivity index (χ3n) is 4.54. The molecule has 0 spiro atoms. The van der Waals surface area contributed by atoms with Crippen LogP contribution in [0.3, 0.4) is 0 Å². The lowest BCUT2D eigenvalue weighted by Crippen LogP contribution is -2.16. The van der Waals surface area contributed by atoms with Crippen LogP contribution in [0.1, 0.15) is 24.7 Å². The predicted molar refractivity (Wildman–Crippen MR) is 96.1 cm³/mol. The average molecular weight is 372 g/mol. The monoisotopic (exact) mass is 372 g/mol. The van der Waals surface area contributed by atoms with Gasteiger partial charge in [-0.1, -0.05) is 0 Å². The number of sulfone groups is 1. The lowest BCUT2D eigenvalue weighted by molar-refractivity contribution is 0.466. The lowest BCUT2D eigenvalue weighted by Gasteiger charge is -2.11. The van der Waals surface area contributed by atoms with E-state index < -0.39 is 9.84 Å². The van der Waals surface area contributed by atoms with Crippen molar-refractivity contribution < 1.29 is 8.42 Å². The fraction of sp³-hybridized carbons (Fsp3) is 0.412. The maximum absolute atomic E-state index is 11.9. The number of rotatable bonds is 6. The summed E-state index contributed by atoms with van der Waals surface area (Å²) in [6.45, 7) is 0.785. The summed E-state index contributed by atoms with van der Waals surface area (Å²) < 4.78 is 27.5. The summed E-state index contributed by atoms with van der Waals surface area (Å²) in [7, 11) is -2.98. The smallest absolute Gasteiger partial charge is 0.181 e. The molecule has 3 aromatic rings. The maximum Gasteiger partial charge on any atom is 0.181 e. The third-order valence-corrected chi connectivity index (χ3v) is 6.29. The molecule has 1 unspecified atom stereocenters. The van der Waals surface area contributed by atoms with Gasteiger partial charge >= 0.3 is 0 Å². The van der Waals surface area contributed by atoms with Gasteiger partial charge in [0.25, 0.3) is 0 Å². The number of nitrogens with zero attached hydrogens (tertiary/aromatic N) is 6. The van der Waals surface area contributed by atoms with E-state index in [1.165, 1.54) is 0 Å². The largest absolute Gasteiger partial charge is 0.273 e. The van der Waals surface area contributed by atoms with Crippen LogP contribution in [0.2, 0.25) is 0 Å². The Labute approximate surface area is 151 Å². The van der Waals surface area contributed by atoms with Crippen LogP contribution in [0.4, 0.5) is 0 Å². The summed E-state index contributed by atoms with van der Waals surface area (Å²) in [6, 6.07) is 5.48. The molecule has 26 heavy (non-hydrogen) atoms. The summed E-state index contributed by atoms with van der Waals surface area (Å²) in [6.07, 6.45) is 9.25. The Balaban J connectivity index is 1.58. The van der Waals surface area contributed by atoms with E-state index in [9.17, 15) is 8.42 Å². The second-order valence-electron chi connectivity index (χ2n) is 6.46. The minimum atomic E-state index is -2.98. The van der Waals surface area contributed by atoms with Gasteiger partial charge in [0.05, 0.1) is 17.5 Å². The van der Waals surface area contributed by atoms with Crippen LogP contribution in [0.25, 0.3) is 11.4 Å². The number of aromatic nitrogens is 6. The lowest BCUT2D eigenvalue weighted by atomic mass is 10.2. The molecule has 136 valence electrons. The van der Waals surface area contributed by atoms with E-state index in [4.69, 9.17) is 4.98 Å². The van der Waals surface area contributed by atoms with Gasteiger partial charge in [0.15, 0.2) is 15.7 Å². The van der Waals surface area contributed by atoms with E-state index in [1.807, 2.05) is 33.8 Å². The number of hydrogen-bond acceptors (Lipinski definition) is 6. The first-order valence-corrected chi connectivity index (χ1v) is 10.5. The second-order valence-corrected chi connectivity index (χ2v) is 8.69.